The van der Waals surface area contributed by atoms with E-state index in [4.69, 9.17) is 0 Å². The van der Waals surface area contributed by atoms with Crippen molar-refractivity contribution in [3.8, 4) is 0 Å². The summed E-state index contributed by atoms with van der Waals surface area (Å²) in [5, 5.41) is 0. The van der Waals surface area contributed by atoms with E-state index in [1.54, 1.807) is 6.21 Å². The molecular weight excluding hydrogens is 254 g/mol. The molecule has 0 aliphatic carbocycles. The van der Waals surface area contributed by atoms with Gasteiger partial charge in [-0.1, -0.05) is 41.5 Å². The second-order valence-electron chi connectivity index (χ2n) is 5.90. The van der Waals surface area contributed by atoms with Gasteiger partial charge in [-0.25, -0.2) is 0 Å². The van der Waals surface area contributed by atoms with Crippen molar-refractivity contribution < 1.29 is 4.55 Å². The van der Waals surface area contributed by atoms with Crippen LogP contribution in [0.1, 0.15) is 57.2 Å². The van der Waals surface area contributed by atoms with Crippen LogP contribution in [0.4, 0.5) is 0 Å². The number of benzene rings is 1. The summed E-state index contributed by atoms with van der Waals surface area (Å²) in [6.45, 7) is 10.1. The zero-order valence-electron chi connectivity index (χ0n) is 12.7. The van der Waals surface area contributed by atoms with Crippen molar-refractivity contribution in [1.82, 2.24) is 0 Å². The smallest absolute Gasteiger partial charge is 0.144 e. The van der Waals surface area contributed by atoms with E-state index in [1.165, 1.54) is 24.0 Å². The Balaban J connectivity index is 2.90. The van der Waals surface area contributed by atoms with E-state index in [2.05, 4.69) is 36.4 Å². The van der Waals surface area contributed by atoms with Crippen LogP contribution in [0.2, 0.25) is 0 Å². The standard InChI is InChI=1S/C16H25NOS/c1-6-7-8-14-11-13(2)9-10-15(14)12-17-19(18)16(3,4)5/h9-12H,6-8H2,1-5H3. The van der Waals surface area contributed by atoms with Crippen molar-refractivity contribution in [2.75, 3.05) is 0 Å². The normalized spacial score (nSPS) is 14.0. The van der Waals surface area contributed by atoms with Crippen molar-refractivity contribution in [2.45, 2.75) is 58.6 Å². The zero-order chi connectivity index (χ0) is 14.5. The minimum absolute atomic E-state index is 0.301. The van der Waals surface area contributed by atoms with Gasteiger partial charge in [0.15, 0.2) is 0 Å². The van der Waals surface area contributed by atoms with Crippen LogP contribution >= 0.6 is 0 Å². The maximum absolute atomic E-state index is 11.9. The maximum atomic E-state index is 11.9. The van der Waals surface area contributed by atoms with Crippen molar-refractivity contribution in [3.05, 3.63) is 34.9 Å². The first-order chi connectivity index (χ1) is 8.84. The van der Waals surface area contributed by atoms with Crippen molar-refractivity contribution >= 4 is 17.6 Å². The van der Waals surface area contributed by atoms with Crippen LogP contribution in [0.3, 0.4) is 0 Å². The summed E-state index contributed by atoms with van der Waals surface area (Å²) in [4.78, 5) is 0. The lowest BCUT2D eigenvalue weighted by atomic mass is 10.0. The highest BCUT2D eigenvalue weighted by atomic mass is 32.2. The second kappa shape index (κ2) is 7.11. The minimum atomic E-state index is -1.19. The summed E-state index contributed by atoms with van der Waals surface area (Å²) in [7, 11) is 0. The van der Waals surface area contributed by atoms with E-state index in [1.807, 2.05) is 20.8 Å². The van der Waals surface area contributed by atoms with Gasteiger partial charge in [-0.05, 0) is 46.1 Å². The predicted molar refractivity (Wildman–Crippen MR) is 85.3 cm³/mol. The third-order valence-electron chi connectivity index (χ3n) is 2.91. The highest BCUT2D eigenvalue weighted by Gasteiger charge is 2.25. The van der Waals surface area contributed by atoms with Gasteiger partial charge in [-0.2, -0.15) is 0 Å². The Morgan fingerprint density at radius 3 is 2.58 bits per heavy atom. The topological polar surface area (TPSA) is 35.4 Å². The molecule has 1 aromatic rings. The molecule has 0 saturated heterocycles. The molecule has 0 spiro atoms. The van der Waals surface area contributed by atoms with Crippen molar-refractivity contribution in [3.63, 3.8) is 0 Å². The van der Waals surface area contributed by atoms with Crippen LogP contribution < -0.4 is 0 Å². The lowest BCUT2D eigenvalue weighted by Gasteiger charge is -2.18. The number of rotatable bonds is 5. The van der Waals surface area contributed by atoms with Crippen LogP contribution in [-0.2, 0) is 17.8 Å². The van der Waals surface area contributed by atoms with Gasteiger partial charge in [0.2, 0.25) is 0 Å². The third kappa shape index (κ3) is 5.37. The molecule has 0 radical (unpaired) electrons. The summed E-state index contributed by atoms with van der Waals surface area (Å²) in [6, 6.07) is 6.36. The van der Waals surface area contributed by atoms with E-state index in [0.717, 1.165) is 12.0 Å². The molecule has 1 rings (SSSR count). The van der Waals surface area contributed by atoms with Gasteiger partial charge in [0, 0.05) is 5.56 Å². The molecule has 106 valence electrons. The second-order valence-corrected chi connectivity index (χ2v) is 7.84. The van der Waals surface area contributed by atoms with Gasteiger partial charge in [-0.15, -0.1) is 0 Å². The Labute approximate surface area is 120 Å². The Bertz CT molecular complexity index is 435. The Hall–Kier alpha value is -0.800. The highest BCUT2D eigenvalue weighted by Crippen LogP contribution is 2.18. The van der Waals surface area contributed by atoms with Gasteiger partial charge < -0.3 is 4.55 Å². The zero-order valence-corrected chi connectivity index (χ0v) is 13.5. The minimum Gasteiger partial charge on any atom is -0.591 e. The van der Waals surface area contributed by atoms with E-state index in [9.17, 15) is 4.55 Å². The summed E-state index contributed by atoms with van der Waals surface area (Å²) in [5.74, 6) is 0. The largest absolute Gasteiger partial charge is 0.591 e. The fourth-order valence-corrected chi connectivity index (χ4v) is 2.23. The number of nitrogens with zero attached hydrogens (tertiary/aromatic N) is 1. The van der Waals surface area contributed by atoms with Gasteiger partial charge in [0.25, 0.3) is 0 Å². The molecule has 0 aliphatic rings. The fourth-order valence-electron chi connectivity index (χ4n) is 1.71. The van der Waals surface area contributed by atoms with Crippen LogP contribution in [0, 0.1) is 6.92 Å². The van der Waals surface area contributed by atoms with E-state index in [-0.39, 0.29) is 4.75 Å². The Morgan fingerprint density at radius 2 is 2.00 bits per heavy atom. The maximum Gasteiger partial charge on any atom is 0.144 e. The van der Waals surface area contributed by atoms with E-state index in [0.29, 0.717) is 0 Å². The molecule has 2 nitrogen and oxygen atoms in total. The summed E-state index contributed by atoms with van der Waals surface area (Å²) in [5.41, 5.74) is 3.66. The molecule has 0 heterocycles. The van der Waals surface area contributed by atoms with Crippen LogP contribution in [0.15, 0.2) is 22.6 Å². The quantitative estimate of drug-likeness (QED) is 0.587. The molecule has 1 unspecified atom stereocenters. The monoisotopic (exact) mass is 279 g/mol. The molecule has 0 N–H and O–H groups in total. The molecule has 1 aromatic carbocycles. The van der Waals surface area contributed by atoms with Gasteiger partial charge in [0.05, 0.1) is 6.21 Å². The molecule has 0 aromatic heterocycles. The van der Waals surface area contributed by atoms with Crippen LogP contribution in [0.25, 0.3) is 0 Å². The Morgan fingerprint density at radius 1 is 1.32 bits per heavy atom. The molecule has 0 fully saturated rings. The molecule has 3 heteroatoms. The SMILES string of the molecule is CCCCc1cc(C)ccc1C=N[S+]([O-])C(C)(C)C. The predicted octanol–water partition coefficient (Wildman–Crippen LogP) is 4.22. The number of aryl methyl sites for hydroxylation is 2. The van der Waals surface area contributed by atoms with Gasteiger partial charge in [0.1, 0.15) is 16.1 Å². The average Bonchev–Trinajstić information content (AvgIpc) is 2.33. The first-order valence-electron chi connectivity index (χ1n) is 6.90. The number of hydrogen-bond donors (Lipinski definition) is 0. The number of unbranched alkanes of at least 4 members (excludes halogenated alkanes) is 1. The van der Waals surface area contributed by atoms with Crippen molar-refractivity contribution in [1.29, 1.82) is 0 Å². The lowest BCUT2D eigenvalue weighted by Crippen LogP contribution is -2.25. The van der Waals surface area contributed by atoms with E-state index < -0.39 is 11.4 Å². The molecular formula is C16H25NOS. The summed E-state index contributed by atoms with van der Waals surface area (Å²) < 4.78 is 15.9. The molecule has 0 bridgehead atoms. The average molecular weight is 279 g/mol. The third-order valence-corrected chi connectivity index (χ3v) is 4.25. The molecule has 0 amide bonds. The molecule has 19 heavy (non-hydrogen) atoms. The van der Waals surface area contributed by atoms with Crippen LogP contribution in [-0.4, -0.2) is 15.5 Å². The Kier molecular flexibility index (Phi) is 6.08. The van der Waals surface area contributed by atoms with Gasteiger partial charge in [-0.3, -0.25) is 0 Å². The number of hydrogen-bond acceptors (Lipinski definition) is 2. The lowest BCUT2D eigenvalue weighted by molar-refractivity contribution is 0.562. The van der Waals surface area contributed by atoms with E-state index >= 15 is 0 Å². The molecule has 0 aliphatic heterocycles. The summed E-state index contributed by atoms with van der Waals surface area (Å²) in [6.07, 6.45) is 5.18. The van der Waals surface area contributed by atoms with Crippen LogP contribution in [0.5, 0.6) is 0 Å². The highest BCUT2D eigenvalue weighted by molar-refractivity contribution is 7.91. The van der Waals surface area contributed by atoms with Crippen molar-refractivity contribution in [2.24, 2.45) is 4.40 Å². The first kappa shape index (κ1) is 16.3. The summed E-state index contributed by atoms with van der Waals surface area (Å²) >= 11 is -1.19. The molecule has 0 saturated carbocycles. The fraction of sp³-hybridized carbons (Fsp3) is 0.562. The van der Waals surface area contributed by atoms with Gasteiger partial charge >= 0.3 is 0 Å². The first-order valence-corrected chi connectivity index (χ1v) is 8.01. The molecule has 1 atom stereocenters.